The van der Waals surface area contributed by atoms with Gasteiger partial charge >= 0.3 is 0 Å². The number of halogens is 2. The molecule has 1 aromatic carbocycles. The molecule has 2 rings (SSSR count). The number of aromatic nitrogens is 1. The summed E-state index contributed by atoms with van der Waals surface area (Å²) in [5.74, 6) is -3.04. The van der Waals surface area contributed by atoms with Crippen molar-refractivity contribution in [1.29, 1.82) is 0 Å². The molecule has 3 N–H and O–H groups in total. The lowest BCUT2D eigenvalue weighted by atomic mass is 9.94. The third-order valence-corrected chi connectivity index (χ3v) is 4.48. The number of carbonyl (C=O) groups is 3. The first-order valence-corrected chi connectivity index (χ1v) is 8.91. The lowest BCUT2D eigenvalue weighted by Gasteiger charge is -2.13. The Morgan fingerprint density at radius 1 is 1.14 bits per heavy atom. The van der Waals surface area contributed by atoms with Crippen LogP contribution in [0.4, 0.5) is 8.78 Å². The van der Waals surface area contributed by atoms with E-state index in [1.165, 1.54) is 31.8 Å². The predicted molar refractivity (Wildman–Crippen MR) is 102 cm³/mol. The van der Waals surface area contributed by atoms with Gasteiger partial charge < -0.3 is 20.4 Å². The third kappa shape index (κ3) is 4.86. The van der Waals surface area contributed by atoms with E-state index in [-0.39, 0.29) is 59.7 Å². The lowest BCUT2D eigenvalue weighted by molar-refractivity contribution is -0.117. The predicted octanol–water partition coefficient (Wildman–Crippen LogP) is 2.10. The molecule has 0 spiro atoms. The molecular formula is C20H23F2N3O4. The van der Waals surface area contributed by atoms with Crippen molar-refractivity contribution in [2.75, 3.05) is 20.3 Å². The highest BCUT2D eigenvalue weighted by molar-refractivity contribution is 6.10. The summed E-state index contributed by atoms with van der Waals surface area (Å²) in [5.41, 5.74) is 4.94. The van der Waals surface area contributed by atoms with Gasteiger partial charge in [-0.2, -0.15) is 0 Å². The Bertz CT molecular complexity index is 954. The number of Topliss-reactive ketones (excluding diaryl/α,β-unsaturated/α-hetero) is 1. The molecule has 0 atom stereocenters. The van der Waals surface area contributed by atoms with Crippen molar-refractivity contribution in [2.24, 2.45) is 12.8 Å². The van der Waals surface area contributed by atoms with Crippen molar-refractivity contribution in [1.82, 2.24) is 9.88 Å². The van der Waals surface area contributed by atoms with E-state index in [0.29, 0.717) is 0 Å². The molecule has 0 saturated carbocycles. The van der Waals surface area contributed by atoms with E-state index in [1.54, 1.807) is 0 Å². The summed E-state index contributed by atoms with van der Waals surface area (Å²) in [7, 11) is 2.98. The number of hydrogen-bond acceptors (Lipinski definition) is 4. The van der Waals surface area contributed by atoms with Crippen LogP contribution in [0.5, 0.6) is 0 Å². The number of nitrogens with zero attached hydrogens (tertiary/aromatic N) is 1. The Morgan fingerprint density at radius 3 is 2.41 bits per heavy atom. The first-order valence-electron chi connectivity index (χ1n) is 8.91. The molecular weight excluding hydrogens is 384 g/mol. The first kappa shape index (κ1) is 22.2. The van der Waals surface area contributed by atoms with Crippen LogP contribution in [0.2, 0.25) is 0 Å². The molecule has 1 aromatic heterocycles. The molecule has 0 radical (unpaired) electrons. The van der Waals surface area contributed by atoms with E-state index in [4.69, 9.17) is 10.5 Å². The molecule has 0 aliphatic carbocycles. The fourth-order valence-electron chi connectivity index (χ4n) is 3.06. The summed E-state index contributed by atoms with van der Waals surface area (Å²) in [5, 5.41) is 2.51. The van der Waals surface area contributed by atoms with Crippen molar-refractivity contribution in [3.05, 3.63) is 46.8 Å². The molecule has 0 unspecified atom stereocenters. The van der Waals surface area contributed by atoms with Gasteiger partial charge in [-0.3, -0.25) is 14.4 Å². The Kier molecular flexibility index (Phi) is 7.22. The second-order valence-corrected chi connectivity index (χ2v) is 6.54. The summed E-state index contributed by atoms with van der Waals surface area (Å²) < 4.78 is 35.2. The van der Waals surface area contributed by atoms with Crippen molar-refractivity contribution >= 4 is 17.6 Å². The van der Waals surface area contributed by atoms with Crippen LogP contribution in [-0.4, -0.2) is 42.4 Å². The number of aryl methyl sites for hydroxylation is 1. The van der Waals surface area contributed by atoms with Gasteiger partial charge in [0, 0.05) is 50.9 Å². The minimum atomic E-state index is -0.762. The molecule has 1 heterocycles. The van der Waals surface area contributed by atoms with Crippen molar-refractivity contribution in [3.63, 3.8) is 0 Å². The zero-order valence-corrected chi connectivity index (χ0v) is 16.5. The lowest BCUT2D eigenvalue weighted by Crippen LogP contribution is -2.28. The van der Waals surface area contributed by atoms with Gasteiger partial charge in [-0.15, -0.1) is 0 Å². The number of methoxy groups -OCH3 is 1. The summed E-state index contributed by atoms with van der Waals surface area (Å²) >= 11 is 0. The van der Waals surface area contributed by atoms with Crippen molar-refractivity contribution in [2.45, 2.75) is 19.8 Å². The minimum absolute atomic E-state index is 0.0000696. The number of nitrogens with two attached hydrogens (primary N) is 1. The number of hydrogen-bond donors (Lipinski definition) is 2. The van der Waals surface area contributed by atoms with E-state index in [2.05, 4.69) is 5.32 Å². The number of ketones is 1. The molecule has 0 aliphatic heterocycles. The normalized spacial score (nSPS) is 10.8. The molecule has 0 fully saturated rings. The molecule has 0 saturated heterocycles. The maximum absolute atomic E-state index is 14.7. The smallest absolute Gasteiger partial charge is 0.253 e. The average molecular weight is 407 g/mol. The average Bonchev–Trinajstić information content (AvgIpc) is 3.00. The summed E-state index contributed by atoms with van der Waals surface area (Å²) in [6, 6.07) is 1.93. The van der Waals surface area contributed by atoms with Gasteiger partial charge in [0.25, 0.3) is 5.91 Å². The monoisotopic (exact) mass is 407 g/mol. The second kappa shape index (κ2) is 9.42. The molecule has 29 heavy (non-hydrogen) atoms. The Labute approximate surface area is 166 Å². The molecule has 156 valence electrons. The Hall–Kier alpha value is -3.07. The first-order chi connectivity index (χ1) is 13.7. The number of ether oxygens (including phenoxy) is 1. The SMILES string of the molecule is COCCC(=O)c1c(-c2c(F)ccc(F)c2C)c(C(=O)NCCC(N)=O)cn1C. The number of nitrogens with one attached hydrogen (secondary N) is 1. The van der Waals surface area contributed by atoms with Gasteiger partial charge in [-0.25, -0.2) is 8.78 Å². The van der Waals surface area contributed by atoms with E-state index in [9.17, 15) is 23.2 Å². The van der Waals surface area contributed by atoms with E-state index in [0.717, 1.165) is 12.1 Å². The standard InChI is InChI=1S/C20H23F2N3O4/c1-11-13(21)4-5-14(22)17(11)18-12(20(28)24-8-6-16(23)27)10-25(2)19(18)15(26)7-9-29-3/h4-5,10H,6-9H2,1-3H3,(H2,23,27)(H,24,28). The number of rotatable bonds is 9. The van der Waals surface area contributed by atoms with Crippen LogP contribution in [-0.2, 0) is 16.6 Å². The van der Waals surface area contributed by atoms with Crippen molar-refractivity contribution < 1.29 is 27.9 Å². The number of amides is 2. The maximum atomic E-state index is 14.7. The Balaban J connectivity index is 2.64. The van der Waals surface area contributed by atoms with Gasteiger partial charge in [0.15, 0.2) is 5.78 Å². The zero-order chi connectivity index (χ0) is 21.7. The van der Waals surface area contributed by atoms with Crippen LogP contribution < -0.4 is 11.1 Å². The molecule has 2 amide bonds. The molecule has 0 bridgehead atoms. The quantitative estimate of drug-likeness (QED) is 0.621. The highest BCUT2D eigenvalue weighted by Gasteiger charge is 2.28. The number of benzene rings is 1. The molecule has 9 heteroatoms. The number of carbonyl (C=O) groups excluding carboxylic acids is 3. The van der Waals surface area contributed by atoms with Gasteiger partial charge in [0.1, 0.15) is 11.6 Å². The third-order valence-electron chi connectivity index (χ3n) is 4.48. The van der Waals surface area contributed by atoms with E-state index in [1.807, 2.05) is 0 Å². The zero-order valence-electron chi connectivity index (χ0n) is 16.5. The molecule has 2 aromatic rings. The summed E-state index contributed by atoms with van der Waals surface area (Å²) in [4.78, 5) is 36.4. The highest BCUT2D eigenvalue weighted by Crippen LogP contribution is 2.35. The van der Waals surface area contributed by atoms with Crippen LogP contribution in [0.25, 0.3) is 11.1 Å². The minimum Gasteiger partial charge on any atom is -0.384 e. The van der Waals surface area contributed by atoms with E-state index >= 15 is 0 Å². The second-order valence-electron chi connectivity index (χ2n) is 6.54. The largest absolute Gasteiger partial charge is 0.384 e. The van der Waals surface area contributed by atoms with Crippen LogP contribution in [0.15, 0.2) is 18.3 Å². The van der Waals surface area contributed by atoms with Crippen LogP contribution in [0.3, 0.4) is 0 Å². The van der Waals surface area contributed by atoms with Gasteiger partial charge in [-0.1, -0.05) is 0 Å². The summed E-state index contributed by atoms with van der Waals surface area (Å²) in [6.45, 7) is 1.48. The summed E-state index contributed by atoms with van der Waals surface area (Å²) in [6.07, 6.45) is 1.29. The van der Waals surface area contributed by atoms with Gasteiger partial charge in [0.05, 0.1) is 17.9 Å². The fraction of sp³-hybridized carbons (Fsp3) is 0.350. The van der Waals surface area contributed by atoms with E-state index < -0.39 is 23.4 Å². The maximum Gasteiger partial charge on any atom is 0.253 e. The van der Waals surface area contributed by atoms with Crippen LogP contribution >= 0.6 is 0 Å². The van der Waals surface area contributed by atoms with Gasteiger partial charge in [-0.05, 0) is 24.6 Å². The molecule has 7 nitrogen and oxygen atoms in total. The van der Waals surface area contributed by atoms with Crippen LogP contribution in [0.1, 0.15) is 39.3 Å². The topological polar surface area (TPSA) is 103 Å². The van der Waals surface area contributed by atoms with Crippen LogP contribution in [0, 0.1) is 18.6 Å². The molecule has 0 aliphatic rings. The fourth-order valence-corrected chi connectivity index (χ4v) is 3.06. The van der Waals surface area contributed by atoms with Crippen molar-refractivity contribution in [3.8, 4) is 11.1 Å². The van der Waals surface area contributed by atoms with Gasteiger partial charge in [0.2, 0.25) is 5.91 Å². The number of primary amides is 1. The Morgan fingerprint density at radius 2 is 1.79 bits per heavy atom. The highest BCUT2D eigenvalue weighted by atomic mass is 19.1.